The molecule has 8 heteroatoms. The highest BCUT2D eigenvalue weighted by Gasteiger charge is 2.17. The minimum absolute atomic E-state index is 0.0593. The van der Waals surface area contributed by atoms with Crippen LogP contribution in [-0.4, -0.2) is 39.6 Å². The second-order valence-electron chi connectivity index (χ2n) is 6.25. The maximum absolute atomic E-state index is 12.2. The predicted octanol–water partition coefficient (Wildman–Crippen LogP) is 1.49. The van der Waals surface area contributed by atoms with Crippen molar-refractivity contribution in [3.63, 3.8) is 0 Å². The molecule has 0 saturated heterocycles. The number of hydrogen-bond acceptors (Lipinski definition) is 6. The van der Waals surface area contributed by atoms with E-state index < -0.39 is 11.9 Å². The van der Waals surface area contributed by atoms with Gasteiger partial charge in [0.2, 0.25) is 5.91 Å². The second-order valence-corrected chi connectivity index (χ2v) is 6.25. The minimum atomic E-state index is -0.646. The highest BCUT2D eigenvalue weighted by molar-refractivity contribution is 5.90. The highest BCUT2D eigenvalue weighted by Crippen LogP contribution is 2.22. The van der Waals surface area contributed by atoms with Crippen LogP contribution in [0.4, 0.5) is 5.82 Å². The van der Waals surface area contributed by atoms with E-state index in [1.54, 1.807) is 6.92 Å². The first-order valence-electron chi connectivity index (χ1n) is 8.57. The molecule has 1 fully saturated rings. The molecule has 8 nitrogen and oxygen atoms in total. The fourth-order valence-corrected chi connectivity index (χ4v) is 2.77. The van der Waals surface area contributed by atoms with Gasteiger partial charge in [-0.3, -0.25) is 19.8 Å². The molecule has 2 amide bonds. The molecular formula is C17H25N5O3. The van der Waals surface area contributed by atoms with Crippen LogP contribution in [-0.2, 0) is 9.59 Å². The number of carbonyl (C=O) groups is 2. The summed E-state index contributed by atoms with van der Waals surface area (Å²) >= 11 is 0. The van der Waals surface area contributed by atoms with Crippen molar-refractivity contribution >= 4 is 23.7 Å². The molecule has 0 bridgehead atoms. The topological polar surface area (TPSA) is 116 Å². The average Bonchev–Trinajstić information content (AvgIpc) is 2.66. The lowest BCUT2D eigenvalue weighted by atomic mass is 9.89. The van der Waals surface area contributed by atoms with Crippen LogP contribution in [0.25, 0.3) is 6.08 Å². The number of amides is 2. The summed E-state index contributed by atoms with van der Waals surface area (Å²) in [6, 6.07) is -0.417. The molecule has 1 aromatic rings. The lowest BCUT2D eigenvalue weighted by molar-refractivity contribution is -0.124. The van der Waals surface area contributed by atoms with E-state index in [1.807, 2.05) is 0 Å². The van der Waals surface area contributed by atoms with Gasteiger partial charge in [0.1, 0.15) is 11.9 Å². The highest BCUT2D eigenvalue weighted by atomic mass is 16.5. The minimum Gasteiger partial charge on any atom is -0.357 e. The summed E-state index contributed by atoms with van der Waals surface area (Å²) < 4.78 is 0. The molecule has 1 atom stereocenters. The maximum atomic E-state index is 12.2. The fraction of sp³-hybridized carbons (Fsp3) is 0.529. The van der Waals surface area contributed by atoms with Gasteiger partial charge in [0, 0.05) is 12.6 Å². The summed E-state index contributed by atoms with van der Waals surface area (Å²) in [5.41, 5.74) is 1.95. The zero-order valence-electron chi connectivity index (χ0n) is 14.4. The predicted molar refractivity (Wildman–Crippen MR) is 93.7 cm³/mol. The summed E-state index contributed by atoms with van der Waals surface area (Å²) in [6.45, 7) is 2.50. The Labute approximate surface area is 147 Å². The van der Waals surface area contributed by atoms with Gasteiger partial charge in [-0.25, -0.2) is 10.5 Å². The Kier molecular flexibility index (Phi) is 7.34. The summed E-state index contributed by atoms with van der Waals surface area (Å²) in [5.74, 6) is 0.360. The van der Waals surface area contributed by atoms with Gasteiger partial charge in [0.15, 0.2) is 0 Å². The standard InChI is InChI=1S/C17H25N5O3/c1-12(17(24)20-9-13-5-3-2-4-6-13)21-15-11-18-14(10-19-15)7-8-16(23)22-25/h7-8,10-13,25H,2-6,9H2,1H3,(H,19,21)(H,20,24)(H,22,23)/b8-7+/t12-/m0/s1. The molecule has 4 N–H and O–H groups in total. The molecule has 136 valence electrons. The number of hydroxylamine groups is 1. The molecule has 1 heterocycles. The summed E-state index contributed by atoms with van der Waals surface area (Å²) in [5, 5.41) is 14.4. The smallest absolute Gasteiger partial charge is 0.267 e. The first-order valence-corrected chi connectivity index (χ1v) is 8.57. The monoisotopic (exact) mass is 347 g/mol. The van der Waals surface area contributed by atoms with Crippen molar-refractivity contribution in [1.82, 2.24) is 20.8 Å². The second kappa shape index (κ2) is 9.73. The van der Waals surface area contributed by atoms with Crippen molar-refractivity contribution in [3.05, 3.63) is 24.2 Å². The van der Waals surface area contributed by atoms with E-state index >= 15 is 0 Å². The summed E-state index contributed by atoms with van der Waals surface area (Å²) in [7, 11) is 0. The largest absolute Gasteiger partial charge is 0.357 e. The van der Waals surface area contributed by atoms with Crippen molar-refractivity contribution in [2.24, 2.45) is 5.92 Å². The van der Waals surface area contributed by atoms with Gasteiger partial charge in [-0.05, 0) is 31.8 Å². The number of carbonyl (C=O) groups excluding carboxylic acids is 2. The van der Waals surface area contributed by atoms with Gasteiger partial charge in [-0.15, -0.1) is 0 Å². The van der Waals surface area contributed by atoms with Crippen LogP contribution in [0, 0.1) is 5.92 Å². The van der Waals surface area contributed by atoms with Gasteiger partial charge in [-0.1, -0.05) is 19.3 Å². The van der Waals surface area contributed by atoms with Gasteiger partial charge in [0.25, 0.3) is 5.91 Å². The number of aromatic nitrogens is 2. The molecule has 1 aliphatic rings. The van der Waals surface area contributed by atoms with Crippen LogP contribution < -0.4 is 16.1 Å². The van der Waals surface area contributed by atoms with Gasteiger partial charge in [-0.2, -0.15) is 0 Å². The maximum Gasteiger partial charge on any atom is 0.267 e. The number of nitrogens with zero attached hydrogens (tertiary/aromatic N) is 2. The lowest BCUT2D eigenvalue weighted by Crippen LogP contribution is -2.40. The van der Waals surface area contributed by atoms with Gasteiger partial charge < -0.3 is 10.6 Å². The summed E-state index contributed by atoms with van der Waals surface area (Å²) in [4.78, 5) is 31.3. The van der Waals surface area contributed by atoms with E-state index in [1.165, 1.54) is 56.1 Å². The zero-order chi connectivity index (χ0) is 18.1. The van der Waals surface area contributed by atoms with Crippen molar-refractivity contribution < 1.29 is 14.8 Å². The third kappa shape index (κ3) is 6.50. The SMILES string of the molecule is C[C@H](Nc1cnc(/C=C/C(=O)NO)cn1)C(=O)NCC1CCCCC1. The number of anilines is 1. The van der Waals surface area contributed by atoms with E-state index in [0.29, 0.717) is 17.4 Å². The van der Waals surface area contributed by atoms with Crippen LogP contribution >= 0.6 is 0 Å². The van der Waals surface area contributed by atoms with Crippen LogP contribution in [0.5, 0.6) is 0 Å². The van der Waals surface area contributed by atoms with E-state index in [0.717, 1.165) is 12.6 Å². The molecule has 0 aromatic carbocycles. The van der Waals surface area contributed by atoms with Crippen LogP contribution in [0.2, 0.25) is 0 Å². The lowest BCUT2D eigenvalue weighted by Gasteiger charge is -2.23. The van der Waals surface area contributed by atoms with Crippen molar-refractivity contribution in [2.75, 3.05) is 11.9 Å². The molecule has 2 rings (SSSR count). The first kappa shape index (κ1) is 18.9. The van der Waals surface area contributed by atoms with E-state index in [2.05, 4.69) is 20.6 Å². The normalized spacial score (nSPS) is 16.4. The summed E-state index contributed by atoms with van der Waals surface area (Å²) in [6.07, 6.45) is 11.7. The third-order valence-electron chi connectivity index (χ3n) is 4.23. The van der Waals surface area contributed by atoms with E-state index in [-0.39, 0.29) is 5.91 Å². The quantitative estimate of drug-likeness (QED) is 0.337. The van der Waals surface area contributed by atoms with Gasteiger partial charge >= 0.3 is 0 Å². The molecule has 25 heavy (non-hydrogen) atoms. The third-order valence-corrected chi connectivity index (χ3v) is 4.23. The number of hydrogen-bond donors (Lipinski definition) is 4. The Morgan fingerprint density at radius 3 is 2.68 bits per heavy atom. The Bertz CT molecular complexity index is 597. The Morgan fingerprint density at radius 1 is 1.28 bits per heavy atom. The molecule has 0 unspecified atom stereocenters. The van der Waals surface area contributed by atoms with Crippen LogP contribution in [0.1, 0.15) is 44.7 Å². The molecule has 0 spiro atoms. The Balaban J connectivity index is 1.78. The number of rotatable bonds is 7. The average molecular weight is 347 g/mol. The number of nitrogens with one attached hydrogen (secondary N) is 3. The zero-order valence-corrected chi connectivity index (χ0v) is 14.4. The molecule has 1 saturated carbocycles. The molecule has 1 aromatic heterocycles. The fourth-order valence-electron chi connectivity index (χ4n) is 2.77. The van der Waals surface area contributed by atoms with Crippen LogP contribution in [0.3, 0.4) is 0 Å². The van der Waals surface area contributed by atoms with Crippen molar-refractivity contribution in [2.45, 2.75) is 45.1 Å². The van der Waals surface area contributed by atoms with Gasteiger partial charge in [0.05, 0.1) is 18.1 Å². The molecule has 0 aliphatic heterocycles. The molecular weight excluding hydrogens is 322 g/mol. The van der Waals surface area contributed by atoms with E-state index in [9.17, 15) is 9.59 Å². The van der Waals surface area contributed by atoms with Crippen LogP contribution in [0.15, 0.2) is 18.5 Å². The molecule has 0 radical (unpaired) electrons. The Morgan fingerprint density at radius 2 is 2.04 bits per heavy atom. The van der Waals surface area contributed by atoms with E-state index in [4.69, 9.17) is 5.21 Å². The van der Waals surface area contributed by atoms with Crippen molar-refractivity contribution in [1.29, 1.82) is 0 Å². The van der Waals surface area contributed by atoms with Crippen molar-refractivity contribution in [3.8, 4) is 0 Å². The first-order chi connectivity index (χ1) is 12.1. The molecule has 1 aliphatic carbocycles. The Hall–Kier alpha value is -2.48.